The van der Waals surface area contributed by atoms with Crippen molar-refractivity contribution in [1.29, 1.82) is 6.54 Å². The highest BCUT2D eigenvalue weighted by atomic mass is 127. The van der Waals surface area contributed by atoms with Crippen molar-refractivity contribution in [3.8, 4) is 6.26 Å². The summed E-state index contributed by atoms with van der Waals surface area (Å²) in [5.41, 5.74) is -0.144. The van der Waals surface area contributed by atoms with Gasteiger partial charge in [0.25, 0.3) is 6.26 Å². The van der Waals surface area contributed by atoms with Gasteiger partial charge in [0, 0.05) is 34.2 Å². The number of rotatable bonds is 12. The summed E-state index contributed by atoms with van der Waals surface area (Å²) < 4.78 is 17.1. The number of nitriles is 1. The predicted octanol–water partition coefficient (Wildman–Crippen LogP) is 3.31. The lowest BCUT2D eigenvalue weighted by Crippen LogP contribution is -2.49. The molecular formula is C24H47I2N4O6P. The van der Waals surface area contributed by atoms with E-state index < -0.39 is 15.9 Å². The molecule has 0 spiro atoms. The number of carbonyl (C=O) groups is 2. The van der Waals surface area contributed by atoms with E-state index in [0.29, 0.717) is 30.6 Å². The topological polar surface area (TPSA) is 135 Å². The van der Waals surface area contributed by atoms with Crippen LogP contribution in [0.3, 0.4) is 0 Å². The fourth-order valence-corrected chi connectivity index (χ4v) is 4.61. The number of hydrogen-bond acceptors (Lipinski definition) is 8. The van der Waals surface area contributed by atoms with Gasteiger partial charge in [0.05, 0.1) is 28.5 Å². The van der Waals surface area contributed by atoms with Crippen LogP contribution in [0.1, 0.15) is 52.9 Å². The van der Waals surface area contributed by atoms with Gasteiger partial charge in [-0.05, 0) is 89.3 Å². The maximum Gasteiger partial charge on any atom is 0.407 e. The number of aliphatic hydroxyl groups is 1. The maximum absolute atomic E-state index is 12.2. The molecule has 0 heterocycles. The Morgan fingerprint density at radius 1 is 1.30 bits per heavy atom. The van der Waals surface area contributed by atoms with E-state index >= 15 is 0 Å². The van der Waals surface area contributed by atoms with Crippen LogP contribution in [0.5, 0.6) is 0 Å². The van der Waals surface area contributed by atoms with Crippen LogP contribution in [0.15, 0.2) is 0 Å². The Morgan fingerprint density at radius 2 is 1.89 bits per heavy atom. The van der Waals surface area contributed by atoms with Gasteiger partial charge in [0.1, 0.15) is 19.8 Å². The highest BCUT2D eigenvalue weighted by molar-refractivity contribution is 14.3. The third-order valence-electron chi connectivity index (χ3n) is 5.87. The number of carbonyl (C=O) groups excluding carboxylic acids is 2. The summed E-state index contributed by atoms with van der Waals surface area (Å²) in [4.78, 5) is 24.7. The fourth-order valence-electron chi connectivity index (χ4n) is 4.61. The Kier molecular flexibility index (Phi) is 20.6. The molecule has 0 aliphatic heterocycles. The summed E-state index contributed by atoms with van der Waals surface area (Å²) in [5.74, 6) is -1.04. The van der Waals surface area contributed by atoms with E-state index in [-0.39, 0.29) is 36.5 Å². The molecule has 1 rings (SSSR count). The van der Waals surface area contributed by atoms with Gasteiger partial charge in [-0.25, -0.2) is 4.79 Å². The summed E-state index contributed by atoms with van der Waals surface area (Å²) in [7, 11) is 7.80. The van der Waals surface area contributed by atoms with Crippen molar-refractivity contribution in [2.24, 2.45) is 10.8 Å². The molecule has 1 saturated carbocycles. The minimum absolute atomic E-state index is 0.0294. The van der Waals surface area contributed by atoms with Crippen molar-refractivity contribution in [2.45, 2.75) is 58.9 Å². The summed E-state index contributed by atoms with van der Waals surface area (Å²) in [6, 6.07) is -0.0332. The number of hydrogen-bond donors (Lipinski definition) is 2. The minimum Gasteiger partial charge on any atom is -0.550 e. The van der Waals surface area contributed by atoms with Gasteiger partial charge in [0.2, 0.25) is 0 Å². The van der Waals surface area contributed by atoms with E-state index in [4.69, 9.17) is 21.1 Å². The molecule has 13 heteroatoms. The monoisotopic (exact) mass is 773 g/mol. The number of aliphatic carboxylic acids is 1. The van der Waals surface area contributed by atoms with Crippen LogP contribution in [0.25, 0.3) is 0 Å². The Bertz CT molecular complexity index is 726. The van der Waals surface area contributed by atoms with Crippen molar-refractivity contribution in [3.05, 3.63) is 0 Å². The van der Waals surface area contributed by atoms with Crippen LogP contribution in [0.2, 0.25) is 0 Å². The number of quaternary nitrogens is 1. The lowest BCUT2D eigenvalue weighted by molar-refractivity contribution is -0.890. The number of alkyl carbamates (subject to hydrolysis) is 1. The number of halogens is 2. The molecule has 1 amide bonds. The second kappa shape index (κ2) is 20.7. The molecule has 0 saturated heterocycles. The van der Waals surface area contributed by atoms with E-state index in [1.165, 1.54) is 0 Å². The van der Waals surface area contributed by atoms with Gasteiger partial charge < -0.3 is 39.2 Å². The van der Waals surface area contributed by atoms with Gasteiger partial charge in [-0.1, -0.05) is 20.8 Å². The van der Waals surface area contributed by atoms with Crippen molar-refractivity contribution < 1.29 is 33.8 Å². The van der Waals surface area contributed by atoms with Crippen LogP contribution in [0, 0.1) is 22.3 Å². The third-order valence-corrected chi connectivity index (χ3v) is 5.87. The van der Waals surface area contributed by atoms with Gasteiger partial charge in [-0.15, -0.1) is 0 Å². The molecule has 2 N–H and O–H groups in total. The lowest BCUT2D eigenvalue weighted by atomic mass is 9.63. The normalized spacial score (nSPS) is 20.8. The first kappa shape index (κ1) is 36.8. The van der Waals surface area contributed by atoms with E-state index in [2.05, 4.69) is 70.2 Å². The number of likely N-dealkylation sites (N-methyl/N-ethyl adjacent to an activating group) is 2. The third kappa shape index (κ3) is 23.4. The largest absolute Gasteiger partial charge is 0.550 e. The first-order valence-corrected chi connectivity index (χ1v) is 18.7. The van der Waals surface area contributed by atoms with Crippen LogP contribution >= 0.6 is 47.9 Å². The molecule has 37 heavy (non-hydrogen) atoms. The van der Waals surface area contributed by atoms with Gasteiger partial charge in [0.15, 0.2) is 0 Å². The molecule has 0 bridgehead atoms. The molecule has 0 aromatic rings. The molecule has 218 valence electrons. The minimum atomic E-state index is -1.04. The highest BCUT2D eigenvalue weighted by Gasteiger charge is 2.42. The smallest absolute Gasteiger partial charge is 0.407 e. The zero-order valence-electron chi connectivity index (χ0n) is 24.4. The lowest BCUT2D eigenvalue weighted by Gasteiger charge is -2.45. The molecule has 0 radical (unpaired) electrons. The number of carboxylic acid groups (broad SMARTS) is 1. The number of amides is 1. The standard InChI is InChI=1S/C20H35N3O5.C4H11NO.HI2P/c1-19(2)11-16(12-20(3,13-19)14-27-15-21)22-18(26)28-10-9-23(4,5)8-6-7-17(24)25;1-5(2)3-4-6;1-3-2/h16H,6-14H2,1-5H3,(H-,22,24,25,26);6H,3-4H2,1-2H3;3H/i;;3D. The van der Waals surface area contributed by atoms with Crippen LogP contribution in [0.4, 0.5) is 4.79 Å². The van der Waals surface area contributed by atoms with Crippen molar-refractivity contribution >= 4 is 60.0 Å². The molecule has 2 atom stereocenters. The maximum atomic E-state index is 12.2. The van der Waals surface area contributed by atoms with Gasteiger partial charge in [-0.2, -0.15) is 5.26 Å². The predicted molar refractivity (Wildman–Crippen MR) is 164 cm³/mol. The molecule has 2 unspecified atom stereocenters. The number of nitrogens with zero attached hydrogens (tertiary/aromatic N) is 3. The Labute approximate surface area is 252 Å². The van der Waals surface area contributed by atoms with Crippen LogP contribution in [-0.4, -0.2) is 102 Å². The molecule has 0 aromatic heterocycles. The number of ether oxygens (including phenoxy) is 2. The zero-order chi connectivity index (χ0) is 30.0. The van der Waals surface area contributed by atoms with E-state index in [1.807, 2.05) is 33.1 Å². The number of carboxylic acids is 1. The average Bonchev–Trinajstić information content (AvgIpc) is 2.70. The SMILES string of the molecule is CC1(C)CC(NC(=O)OCC[N+](C)(C)CCCC(=O)[O-])CC(C)(COC#N)C1.CN(C)CCO.[2H]P(I)I. The molecule has 0 aromatic carbocycles. The van der Waals surface area contributed by atoms with Gasteiger partial charge in [-0.3, -0.25) is 0 Å². The Hall–Kier alpha value is -0.200. The Morgan fingerprint density at radius 3 is 2.35 bits per heavy atom. The van der Waals surface area contributed by atoms with E-state index in [9.17, 15) is 14.7 Å². The second-order valence-corrected chi connectivity index (χ2v) is 19.9. The molecular weight excluding hydrogens is 725 g/mol. The number of nitrogens with one attached hydrogen (secondary N) is 1. The van der Waals surface area contributed by atoms with Crippen molar-refractivity contribution in [3.63, 3.8) is 0 Å². The Balaban J connectivity index is 0. The molecule has 1 aliphatic carbocycles. The first-order valence-electron chi connectivity index (χ1n) is 12.6. The summed E-state index contributed by atoms with van der Waals surface area (Å²) in [5, 5.41) is 30.4. The zero-order valence-corrected chi connectivity index (χ0v) is 28.6. The molecule has 10 nitrogen and oxygen atoms in total. The summed E-state index contributed by atoms with van der Waals surface area (Å²) in [6.07, 6.45) is 4.36. The van der Waals surface area contributed by atoms with E-state index in [1.54, 1.807) is 6.26 Å². The number of aliphatic hydroxyl groups excluding tert-OH is 1. The average molecular weight is 773 g/mol. The second-order valence-electron chi connectivity index (χ2n) is 11.4. The van der Waals surface area contributed by atoms with E-state index in [0.717, 1.165) is 25.8 Å². The van der Waals surface area contributed by atoms with Gasteiger partial charge >= 0.3 is 6.09 Å². The van der Waals surface area contributed by atoms with Crippen LogP contribution in [-0.2, 0) is 14.3 Å². The highest BCUT2D eigenvalue weighted by Crippen LogP contribution is 2.46. The molecule has 1 aliphatic rings. The first-order chi connectivity index (χ1) is 17.4. The summed E-state index contributed by atoms with van der Waals surface area (Å²) in [6.45, 7) is 9.29. The molecule has 1 fully saturated rings. The van der Waals surface area contributed by atoms with Crippen molar-refractivity contribution in [2.75, 3.05) is 67.6 Å². The quantitative estimate of drug-likeness (QED) is 0.134. The fraction of sp³-hybridized carbons (Fsp3) is 0.875. The summed E-state index contributed by atoms with van der Waals surface area (Å²) >= 11 is 4.12. The van der Waals surface area contributed by atoms with Crippen LogP contribution < -0.4 is 10.4 Å². The van der Waals surface area contributed by atoms with Crippen molar-refractivity contribution in [1.82, 2.24) is 10.2 Å².